The van der Waals surface area contributed by atoms with Crippen LogP contribution in [-0.4, -0.2) is 28.8 Å². The van der Waals surface area contributed by atoms with Crippen LogP contribution in [0.15, 0.2) is 18.2 Å². The number of hydrogen-bond acceptors (Lipinski definition) is 3. The summed E-state index contributed by atoms with van der Waals surface area (Å²) in [7, 11) is 0. The van der Waals surface area contributed by atoms with Crippen LogP contribution in [0.3, 0.4) is 0 Å². The van der Waals surface area contributed by atoms with Gasteiger partial charge in [-0.1, -0.05) is 37.0 Å². The molecule has 1 amide bonds. The topological polar surface area (TPSA) is 69.6 Å². The van der Waals surface area contributed by atoms with E-state index in [0.717, 1.165) is 0 Å². The molecule has 0 aliphatic carbocycles. The molecule has 1 aromatic rings. The minimum Gasteiger partial charge on any atom is -0.391 e. The van der Waals surface area contributed by atoms with Crippen molar-refractivity contribution < 1.29 is 15.0 Å². The number of benzene rings is 1. The summed E-state index contributed by atoms with van der Waals surface area (Å²) in [5.74, 6) is 0.0255. The van der Waals surface area contributed by atoms with Crippen LogP contribution in [-0.2, 0) is 4.79 Å². The summed E-state index contributed by atoms with van der Waals surface area (Å²) in [6, 6.07) is 4.69. The molecule has 4 nitrogen and oxygen atoms in total. The van der Waals surface area contributed by atoms with Gasteiger partial charge in [-0.05, 0) is 36.1 Å². The lowest BCUT2D eigenvalue weighted by Gasteiger charge is -2.15. The summed E-state index contributed by atoms with van der Waals surface area (Å²) < 4.78 is 0. The van der Waals surface area contributed by atoms with Gasteiger partial charge in [0.2, 0.25) is 5.91 Å². The molecule has 2 unspecified atom stereocenters. The lowest BCUT2D eigenvalue weighted by Crippen LogP contribution is -2.33. The molecule has 0 bridgehead atoms. The quantitative estimate of drug-likeness (QED) is 0.718. The molecule has 2 atom stereocenters. The second-order valence-corrected chi connectivity index (χ2v) is 6.38. The molecule has 0 aliphatic heterocycles. The Kier molecular flexibility index (Phi) is 7.46. The number of hydrogen-bond donors (Lipinski definition) is 3. The Labute approximate surface area is 135 Å². The highest BCUT2D eigenvalue weighted by atomic mass is 35.5. The minimum absolute atomic E-state index is 0.106. The fraction of sp³-hybridized carbons (Fsp3) is 0.533. The smallest absolute Gasteiger partial charge is 0.223 e. The second kappa shape index (κ2) is 8.59. The number of amides is 1. The Morgan fingerprint density at radius 1 is 1.19 bits per heavy atom. The Morgan fingerprint density at radius 3 is 2.29 bits per heavy atom. The predicted octanol–water partition coefficient (Wildman–Crippen LogP) is 2.94. The third-order valence-corrected chi connectivity index (χ3v) is 3.36. The summed E-state index contributed by atoms with van der Waals surface area (Å²) in [5, 5.41) is 23.1. The molecule has 118 valence electrons. The molecule has 0 fully saturated rings. The highest BCUT2D eigenvalue weighted by molar-refractivity contribution is 6.34. The van der Waals surface area contributed by atoms with Gasteiger partial charge >= 0.3 is 0 Å². The van der Waals surface area contributed by atoms with Crippen molar-refractivity contribution in [1.29, 1.82) is 0 Å². The van der Waals surface area contributed by atoms with Gasteiger partial charge in [0.1, 0.15) is 0 Å². The fourth-order valence-electron chi connectivity index (χ4n) is 1.99. The van der Waals surface area contributed by atoms with Crippen molar-refractivity contribution in [2.45, 2.75) is 38.9 Å². The largest absolute Gasteiger partial charge is 0.391 e. The van der Waals surface area contributed by atoms with E-state index in [1.54, 1.807) is 18.2 Å². The maximum absolute atomic E-state index is 11.7. The van der Waals surface area contributed by atoms with Crippen molar-refractivity contribution in [3.8, 4) is 0 Å². The number of nitrogens with one attached hydrogen (secondary N) is 1. The maximum atomic E-state index is 11.7. The Morgan fingerprint density at radius 2 is 1.76 bits per heavy atom. The van der Waals surface area contributed by atoms with Gasteiger partial charge < -0.3 is 15.5 Å². The van der Waals surface area contributed by atoms with E-state index in [2.05, 4.69) is 5.32 Å². The average molecular weight is 334 g/mol. The summed E-state index contributed by atoms with van der Waals surface area (Å²) >= 11 is 11.7. The second-order valence-electron chi connectivity index (χ2n) is 5.51. The van der Waals surface area contributed by atoms with Gasteiger partial charge in [0.05, 0.1) is 18.6 Å². The van der Waals surface area contributed by atoms with Gasteiger partial charge in [0, 0.05) is 16.6 Å². The average Bonchev–Trinajstić information content (AvgIpc) is 2.34. The lowest BCUT2D eigenvalue weighted by atomic mass is 10.1. The first kappa shape index (κ1) is 18.2. The van der Waals surface area contributed by atoms with E-state index >= 15 is 0 Å². The Bertz CT molecular complexity index is 460. The molecule has 0 saturated carbocycles. The lowest BCUT2D eigenvalue weighted by molar-refractivity contribution is -0.123. The molecular weight excluding hydrogens is 313 g/mol. The first-order valence-electron chi connectivity index (χ1n) is 6.86. The normalized spacial score (nSPS) is 14.0. The van der Waals surface area contributed by atoms with Crippen molar-refractivity contribution in [3.63, 3.8) is 0 Å². The third-order valence-electron chi connectivity index (χ3n) is 2.93. The van der Waals surface area contributed by atoms with Crippen molar-refractivity contribution in [3.05, 3.63) is 33.8 Å². The monoisotopic (exact) mass is 333 g/mol. The molecule has 6 heteroatoms. The molecule has 0 radical (unpaired) electrons. The molecule has 0 aromatic heterocycles. The van der Waals surface area contributed by atoms with Gasteiger partial charge in [0.15, 0.2) is 0 Å². The van der Waals surface area contributed by atoms with Crippen LogP contribution in [0.2, 0.25) is 10.0 Å². The number of carbonyl (C=O) groups is 1. The summed E-state index contributed by atoms with van der Waals surface area (Å²) in [4.78, 5) is 11.7. The van der Waals surface area contributed by atoms with E-state index in [1.807, 2.05) is 13.8 Å². The fourth-order valence-corrected chi connectivity index (χ4v) is 2.54. The molecule has 0 aliphatic rings. The van der Waals surface area contributed by atoms with E-state index in [9.17, 15) is 15.0 Å². The van der Waals surface area contributed by atoms with Crippen molar-refractivity contribution >= 4 is 29.1 Å². The van der Waals surface area contributed by atoms with Crippen LogP contribution in [0, 0.1) is 5.92 Å². The van der Waals surface area contributed by atoms with Gasteiger partial charge in [-0.2, -0.15) is 0 Å². The first-order valence-corrected chi connectivity index (χ1v) is 7.62. The van der Waals surface area contributed by atoms with Crippen LogP contribution in [0.4, 0.5) is 0 Å². The van der Waals surface area contributed by atoms with Gasteiger partial charge in [-0.15, -0.1) is 0 Å². The standard InChI is InChI=1S/C15H21Cl2NO3/c1-9(2)3-13(19)8-18-15(21)7-14(20)10-4-11(16)6-12(17)5-10/h4-6,9,13-14,19-20H,3,7-8H2,1-2H3,(H,18,21). The first-order chi connectivity index (χ1) is 9.77. The zero-order chi connectivity index (χ0) is 16.0. The number of rotatable bonds is 7. The number of aliphatic hydroxyl groups is 2. The van der Waals surface area contributed by atoms with Crippen LogP contribution >= 0.6 is 23.2 Å². The van der Waals surface area contributed by atoms with Crippen LogP contribution in [0.1, 0.15) is 38.4 Å². The molecule has 3 N–H and O–H groups in total. The van der Waals surface area contributed by atoms with Crippen molar-refractivity contribution in [2.75, 3.05) is 6.54 Å². The van der Waals surface area contributed by atoms with Gasteiger partial charge in [-0.3, -0.25) is 4.79 Å². The molecule has 0 heterocycles. The Balaban J connectivity index is 2.47. The van der Waals surface area contributed by atoms with Crippen LogP contribution in [0.5, 0.6) is 0 Å². The SMILES string of the molecule is CC(C)CC(O)CNC(=O)CC(O)c1cc(Cl)cc(Cl)c1. The van der Waals surface area contributed by atoms with E-state index in [4.69, 9.17) is 23.2 Å². The summed E-state index contributed by atoms with van der Waals surface area (Å²) in [5.41, 5.74) is 0.491. The number of halogens is 2. The van der Waals surface area contributed by atoms with Crippen LogP contribution < -0.4 is 5.32 Å². The molecule has 0 saturated heterocycles. The van der Waals surface area contributed by atoms with Gasteiger partial charge in [-0.25, -0.2) is 0 Å². The summed E-state index contributed by atoms with van der Waals surface area (Å²) in [6.45, 7) is 4.18. The summed E-state index contributed by atoms with van der Waals surface area (Å²) in [6.07, 6.45) is -1.05. The van der Waals surface area contributed by atoms with Crippen LogP contribution in [0.25, 0.3) is 0 Å². The molecular formula is C15H21Cl2NO3. The molecule has 21 heavy (non-hydrogen) atoms. The van der Waals surface area contributed by atoms with E-state index in [-0.39, 0.29) is 18.9 Å². The number of carbonyl (C=O) groups excluding carboxylic acids is 1. The molecule has 1 rings (SSSR count). The zero-order valence-electron chi connectivity index (χ0n) is 12.1. The highest BCUT2D eigenvalue weighted by Crippen LogP contribution is 2.25. The number of aliphatic hydroxyl groups excluding tert-OH is 2. The molecule has 0 spiro atoms. The molecule has 1 aromatic carbocycles. The highest BCUT2D eigenvalue weighted by Gasteiger charge is 2.15. The minimum atomic E-state index is -0.983. The van der Waals surface area contributed by atoms with E-state index in [0.29, 0.717) is 27.9 Å². The third kappa shape index (κ3) is 7.14. The maximum Gasteiger partial charge on any atom is 0.223 e. The Hall–Kier alpha value is -0.810. The predicted molar refractivity (Wildman–Crippen MR) is 84.5 cm³/mol. The van der Waals surface area contributed by atoms with Gasteiger partial charge in [0.25, 0.3) is 0 Å². The zero-order valence-corrected chi connectivity index (χ0v) is 13.7. The van der Waals surface area contributed by atoms with E-state index in [1.165, 1.54) is 0 Å². The van der Waals surface area contributed by atoms with Crippen molar-refractivity contribution in [2.24, 2.45) is 5.92 Å². The van der Waals surface area contributed by atoms with Crippen molar-refractivity contribution in [1.82, 2.24) is 5.32 Å². The van der Waals surface area contributed by atoms with E-state index < -0.39 is 12.2 Å².